The zero-order chi connectivity index (χ0) is 30.8. The Labute approximate surface area is 262 Å². The molecule has 224 valence electrons. The number of anilines is 1. The summed E-state index contributed by atoms with van der Waals surface area (Å²) in [6, 6.07) is 18.8. The number of rotatable bonds is 10. The Morgan fingerprint density at radius 3 is 2.55 bits per heavy atom. The Kier molecular flexibility index (Phi) is 8.42. The topological polar surface area (TPSA) is 135 Å². The Hall–Kier alpha value is -4.58. The van der Waals surface area contributed by atoms with Crippen LogP contribution < -0.4 is 16.4 Å². The lowest BCUT2D eigenvalue weighted by molar-refractivity contribution is 0.0901. The van der Waals surface area contributed by atoms with Gasteiger partial charge >= 0.3 is 0 Å². The van der Waals surface area contributed by atoms with Gasteiger partial charge in [0.05, 0.1) is 28.4 Å². The molecule has 0 saturated heterocycles. The van der Waals surface area contributed by atoms with Crippen LogP contribution in [0.3, 0.4) is 0 Å². The van der Waals surface area contributed by atoms with E-state index >= 15 is 0 Å². The number of nitrogens with two attached hydrogens (primary N) is 1. The van der Waals surface area contributed by atoms with Gasteiger partial charge in [0.25, 0.3) is 11.8 Å². The Bertz CT molecular complexity index is 1950. The van der Waals surface area contributed by atoms with Crippen molar-refractivity contribution in [3.8, 4) is 22.4 Å². The molecule has 4 heterocycles. The largest absolute Gasteiger partial charge is 0.394 e. The summed E-state index contributed by atoms with van der Waals surface area (Å²) in [4.78, 5) is 37.0. The Morgan fingerprint density at radius 1 is 1.00 bits per heavy atom. The molecule has 5 N–H and O–H groups in total. The monoisotopic (exact) mass is 624 g/mol. The minimum atomic E-state index is -0.422. The molecule has 6 rings (SSSR count). The second kappa shape index (κ2) is 12.6. The van der Waals surface area contributed by atoms with Gasteiger partial charge in [0.1, 0.15) is 11.4 Å². The number of fused-ring (bicyclic) bond motifs is 2. The van der Waals surface area contributed by atoms with Crippen LogP contribution in [0.2, 0.25) is 0 Å². The lowest BCUT2D eigenvalue weighted by atomic mass is 10.0. The molecule has 1 atom stereocenters. The zero-order valence-electron chi connectivity index (χ0n) is 24.3. The number of aliphatic hydroxyl groups is 1. The van der Waals surface area contributed by atoms with E-state index in [1.54, 1.807) is 4.40 Å². The van der Waals surface area contributed by atoms with E-state index in [-0.39, 0.29) is 30.9 Å². The lowest BCUT2D eigenvalue weighted by Crippen LogP contribution is -2.39. The van der Waals surface area contributed by atoms with Crippen molar-refractivity contribution in [2.45, 2.75) is 32.9 Å². The summed E-state index contributed by atoms with van der Waals surface area (Å²) in [6.07, 6.45) is 2.47. The number of imidazole rings is 1. The fourth-order valence-corrected chi connectivity index (χ4v) is 6.73. The summed E-state index contributed by atoms with van der Waals surface area (Å²) in [6.45, 7) is 4.19. The summed E-state index contributed by atoms with van der Waals surface area (Å²) in [7, 11) is 0. The van der Waals surface area contributed by atoms with Crippen LogP contribution in [0.4, 0.5) is 5.13 Å². The van der Waals surface area contributed by atoms with Crippen LogP contribution in [0.5, 0.6) is 0 Å². The van der Waals surface area contributed by atoms with Gasteiger partial charge in [-0.15, -0.1) is 0 Å². The third kappa shape index (κ3) is 6.07. The molecule has 0 aliphatic rings. The van der Waals surface area contributed by atoms with Gasteiger partial charge in [-0.05, 0) is 58.7 Å². The van der Waals surface area contributed by atoms with Crippen molar-refractivity contribution >= 4 is 55.5 Å². The highest BCUT2D eigenvalue weighted by Gasteiger charge is 2.27. The molecule has 0 bridgehead atoms. The summed E-state index contributed by atoms with van der Waals surface area (Å²) < 4.78 is 2.65. The number of carbonyl (C=O) groups excluding carboxylic acids is 2. The van der Waals surface area contributed by atoms with Crippen LogP contribution in [-0.4, -0.2) is 43.9 Å². The van der Waals surface area contributed by atoms with Crippen LogP contribution in [0.1, 0.15) is 46.7 Å². The van der Waals surface area contributed by atoms with Crippen LogP contribution in [0, 0.1) is 5.92 Å². The van der Waals surface area contributed by atoms with E-state index in [2.05, 4.69) is 15.6 Å². The van der Waals surface area contributed by atoms with Gasteiger partial charge in [-0.25, -0.2) is 9.97 Å². The molecule has 0 unspecified atom stereocenters. The second-order valence-corrected chi connectivity index (χ2v) is 12.9. The number of aromatic nitrogens is 3. The number of hydrogen-bond donors (Lipinski definition) is 4. The van der Waals surface area contributed by atoms with Crippen LogP contribution >= 0.6 is 22.7 Å². The second-order valence-electron chi connectivity index (χ2n) is 11.0. The third-order valence-electron chi connectivity index (χ3n) is 7.32. The predicted molar refractivity (Wildman–Crippen MR) is 177 cm³/mol. The molecular weight excluding hydrogens is 593 g/mol. The molecule has 9 nitrogen and oxygen atoms in total. The predicted octanol–water partition coefficient (Wildman–Crippen LogP) is 5.99. The number of aliphatic hydroxyl groups excluding tert-OH is 1. The van der Waals surface area contributed by atoms with E-state index in [1.807, 2.05) is 91.5 Å². The van der Waals surface area contributed by atoms with Crippen molar-refractivity contribution < 1.29 is 14.7 Å². The number of nitrogens with zero attached hydrogens (tertiary/aromatic N) is 3. The molecule has 44 heavy (non-hydrogen) atoms. The average molecular weight is 625 g/mol. The van der Waals surface area contributed by atoms with E-state index in [9.17, 15) is 14.7 Å². The Balaban J connectivity index is 1.45. The number of thiophene rings is 1. The van der Waals surface area contributed by atoms with Crippen molar-refractivity contribution in [2.24, 2.45) is 5.92 Å². The number of amides is 2. The van der Waals surface area contributed by atoms with Crippen molar-refractivity contribution in [3.63, 3.8) is 0 Å². The number of pyridine rings is 1. The van der Waals surface area contributed by atoms with Crippen molar-refractivity contribution in [1.82, 2.24) is 25.0 Å². The Morgan fingerprint density at radius 2 is 1.82 bits per heavy atom. The highest BCUT2D eigenvalue weighted by Crippen LogP contribution is 2.31. The first-order chi connectivity index (χ1) is 21.3. The summed E-state index contributed by atoms with van der Waals surface area (Å²) in [5.74, 6) is -0.411. The number of nitrogens with one attached hydrogen (secondary N) is 2. The molecule has 2 aromatic carbocycles. The van der Waals surface area contributed by atoms with E-state index < -0.39 is 6.04 Å². The highest BCUT2D eigenvalue weighted by molar-refractivity contribution is 7.22. The normalized spacial score (nSPS) is 12.2. The van der Waals surface area contributed by atoms with Crippen LogP contribution in [-0.2, 0) is 6.54 Å². The summed E-state index contributed by atoms with van der Waals surface area (Å²) in [5, 5.41) is 20.4. The fourth-order valence-electron chi connectivity index (χ4n) is 5.29. The molecule has 0 aliphatic carbocycles. The number of carbonyl (C=O) groups is 2. The molecule has 0 radical (unpaired) electrons. The first kappa shape index (κ1) is 29.5. The quantitative estimate of drug-likeness (QED) is 0.148. The number of thiazole rings is 1. The van der Waals surface area contributed by atoms with E-state index in [1.165, 1.54) is 22.7 Å². The number of benzene rings is 2. The van der Waals surface area contributed by atoms with E-state index in [4.69, 9.17) is 10.7 Å². The van der Waals surface area contributed by atoms with Gasteiger partial charge in [-0.2, -0.15) is 11.3 Å². The molecule has 4 aromatic heterocycles. The first-order valence-corrected chi connectivity index (χ1v) is 16.1. The maximum absolute atomic E-state index is 13.9. The van der Waals surface area contributed by atoms with Gasteiger partial charge in [0.2, 0.25) is 0 Å². The lowest BCUT2D eigenvalue weighted by Gasteiger charge is -2.18. The van der Waals surface area contributed by atoms with Crippen LogP contribution in [0.15, 0.2) is 77.6 Å². The summed E-state index contributed by atoms with van der Waals surface area (Å²) >= 11 is 2.90. The maximum Gasteiger partial charge on any atom is 0.270 e. The number of hydrogen-bond acceptors (Lipinski definition) is 8. The van der Waals surface area contributed by atoms with Crippen molar-refractivity contribution in [1.29, 1.82) is 0 Å². The molecule has 0 fully saturated rings. The smallest absolute Gasteiger partial charge is 0.270 e. The molecule has 0 saturated carbocycles. The van der Waals surface area contributed by atoms with Crippen molar-refractivity contribution in [3.05, 3.63) is 94.4 Å². The van der Waals surface area contributed by atoms with Gasteiger partial charge in [-0.3, -0.25) is 14.0 Å². The maximum atomic E-state index is 13.9. The molecule has 2 amide bonds. The average Bonchev–Trinajstić information content (AvgIpc) is 3.77. The zero-order valence-corrected chi connectivity index (χ0v) is 25.9. The van der Waals surface area contributed by atoms with Gasteiger partial charge in [0.15, 0.2) is 10.8 Å². The molecule has 0 aliphatic heterocycles. The minimum absolute atomic E-state index is 0.183. The SMILES string of the molecule is CC(C)C[C@@H](CO)NC(=O)c1c(-c2ccsc2)nc2c(C(=O)NCc3ccc4nc(N)sc4c3)cc(-c3ccccc3)cn12. The summed E-state index contributed by atoms with van der Waals surface area (Å²) in [5.41, 5.74) is 11.5. The minimum Gasteiger partial charge on any atom is -0.394 e. The molecule has 11 heteroatoms. The van der Waals surface area contributed by atoms with Crippen molar-refractivity contribution in [2.75, 3.05) is 12.3 Å². The van der Waals surface area contributed by atoms with Gasteiger partial charge < -0.3 is 21.5 Å². The molecular formula is C33H32N6O3S2. The third-order valence-corrected chi connectivity index (χ3v) is 8.85. The standard InChI is InChI=1S/C33H32N6O3S2/c1-19(2)12-24(17-40)36-32(42)29-28(22-10-11-43-18-22)38-30-25(14-23(16-39(29)30)21-6-4-3-5-7-21)31(41)35-15-20-8-9-26-27(13-20)44-33(34)37-26/h3-11,13-14,16,18-19,24,40H,12,15,17H2,1-2H3,(H2,34,37)(H,35,41)(H,36,42)/t24-/m0/s1. The van der Waals surface area contributed by atoms with Gasteiger partial charge in [0, 0.05) is 23.7 Å². The van der Waals surface area contributed by atoms with E-state index in [0.717, 1.165) is 32.5 Å². The molecule has 6 aromatic rings. The molecule has 0 spiro atoms. The van der Waals surface area contributed by atoms with E-state index in [0.29, 0.717) is 34.2 Å². The fraction of sp³-hybridized carbons (Fsp3) is 0.212. The first-order valence-electron chi connectivity index (χ1n) is 14.3. The number of nitrogen functional groups attached to an aromatic ring is 1. The highest BCUT2D eigenvalue weighted by atomic mass is 32.1. The van der Waals surface area contributed by atoms with Gasteiger partial charge in [-0.1, -0.05) is 61.6 Å². The van der Waals surface area contributed by atoms with Crippen LogP contribution in [0.25, 0.3) is 38.2 Å².